The number of hydrogen-bond acceptors (Lipinski definition) is 5. The van der Waals surface area contributed by atoms with Crippen LogP contribution in [-0.2, 0) is 10.0 Å². The van der Waals surface area contributed by atoms with Crippen LogP contribution in [0.5, 0.6) is 0 Å². The number of rotatable bonds is 4. The smallest absolute Gasteiger partial charge is 0.257 e. The van der Waals surface area contributed by atoms with Gasteiger partial charge in [0.25, 0.3) is 10.0 Å². The fourth-order valence-corrected chi connectivity index (χ4v) is 3.61. The fourth-order valence-electron chi connectivity index (χ4n) is 2.33. The van der Waals surface area contributed by atoms with Crippen LogP contribution in [0.4, 0.5) is 0 Å². The summed E-state index contributed by atoms with van der Waals surface area (Å²) in [5, 5.41) is 11.7. The molecule has 2 rings (SSSR count). The Kier molecular flexibility index (Phi) is 3.76. The Morgan fingerprint density at radius 3 is 2.95 bits per heavy atom. The molecule has 0 spiro atoms. The molecule has 19 heavy (non-hydrogen) atoms. The molecule has 5 N–H and O–H groups in total. The Balaban J connectivity index is 2.16. The maximum absolute atomic E-state index is 12.1. The van der Waals surface area contributed by atoms with Gasteiger partial charge < -0.3 is 15.9 Å². The first-order valence-electron chi connectivity index (χ1n) is 5.95. The molecule has 2 atom stereocenters. The highest BCUT2D eigenvalue weighted by molar-refractivity contribution is 7.89. The summed E-state index contributed by atoms with van der Waals surface area (Å²) in [7, 11) is -3.66. The van der Waals surface area contributed by atoms with Crippen LogP contribution in [0, 0.1) is 12.8 Å². The minimum Gasteiger partial charge on any atom is -0.409 e. The predicted octanol–water partition coefficient (Wildman–Crippen LogP) is -0.0885. The van der Waals surface area contributed by atoms with Gasteiger partial charge in [0, 0.05) is 12.0 Å². The molecule has 1 heterocycles. The first-order chi connectivity index (χ1) is 8.94. The molecule has 1 fully saturated rings. The largest absolute Gasteiger partial charge is 0.409 e. The minimum atomic E-state index is -3.66. The number of H-pyrrole nitrogens is 1. The van der Waals surface area contributed by atoms with Crippen LogP contribution in [0.15, 0.2) is 16.4 Å². The van der Waals surface area contributed by atoms with Crippen molar-refractivity contribution in [1.82, 2.24) is 14.7 Å². The van der Waals surface area contributed by atoms with Crippen molar-refractivity contribution in [2.45, 2.75) is 37.3 Å². The molecule has 0 bridgehead atoms. The second kappa shape index (κ2) is 5.17. The third-order valence-corrected chi connectivity index (χ3v) is 4.69. The standard InChI is InChI=1S/C10H17N5O3S/c1-6-12-5-9(13-6)19(17,18)15-8-4-2-3-7(8)10(11)14-16/h5,7-8,15-16H,2-4H2,1H3,(H2,11,14)(H,12,13). The Morgan fingerprint density at radius 2 is 2.37 bits per heavy atom. The summed E-state index contributed by atoms with van der Waals surface area (Å²) in [6.07, 6.45) is 3.46. The molecule has 1 aromatic heterocycles. The third kappa shape index (κ3) is 2.87. The number of oxime groups is 1. The van der Waals surface area contributed by atoms with Crippen molar-refractivity contribution in [2.75, 3.05) is 0 Å². The fraction of sp³-hybridized carbons (Fsp3) is 0.600. The Labute approximate surface area is 111 Å². The van der Waals surface area contributed by atoms with Gasteiger partial charge in [0.2, 0.25) is 0 Å². The number of amidine groups is 1. The molecule has 2 unspecified atom stereocenters. The molecular formula is C10H17N5O3S. The van der Waals surface area contributed by atoms with Gasteiger partial charge in [-0.3, -0.25) is 0 Å². The van der Waals surface area contributed by atoms with Crippen molar-refractivity contribution in [3.05, 3.63) is 12.0 Å². The quantitative estimate of drug-likeness (QED) is 0.266. The normalized spacial score (nSPS) is 24.8. The molecule has 0 saturated heterocycles. The van der Waals surface area contributed by atoms with Crippen molar-refractivity contribution >= 4 is 15.9 Å². The summed E-state index contributed by atoms with van der Waals surface area (Å²) in [6, 6.07) is -0.357. The Bertz CT molecular complexity index is 580. The van der Waals surface area contributed by atoms with Gasteiger partial charge in [-0.1, -0.05) is 11.6 Å². The number of nitrogens with one attached hydrogen (secondary N) is 2. The van der Waals surface area contributed by atoms with E-state index < -0.39 is 10.0 Å². The monoisotopic (exact) mass is 287 g/mol. The summed E-state index contributed by atoms with van der Waals surface area (Å²) >= 11 is 0. The van der Waals surface area contributed by atoms with Crippen LogP contribution in [0.2, 0.25) is 0 Å². The van der Waals surface area contributed by atoms with Crippen molar-refractivity contribution in [2.24, 2.45) is 16.8 Å². The molecule has 106 valence electrons. The van der Waals surface area contributed by atoms with E-state index in [1.54, 1.807) is 6.92 Å². The van der Waals surface area contributed by atoms with Gasteiger partial charge in [0.1, 0.15) is 11.7 Å². The zero-order valence-electron chi connectivity index (χ0n) is 10.5. The van der Waals surface area contributed by atoms with Crippen molar-refractivity contribution in [3.63, 3.8) is 0 Å². The Hall–Kier alpha value is -1.61. The molecule has 8 nitrogen and oxygen atoms in total. The average Bonchev–Trinajstić information content (AvgIpc) is 2.97. The molecule has 1 aliphatic rings. The molecule has 1 aliphatic carbocycles. The van der Waals surface area contributed by atoms with Gasteiger partial charge in [-0.2, -0.15) is 0 Å². The third-order valence-electron chi connectivity index (χ3n) is 3.29. The van der Waals surface area contributed by atoms with Crippen LogP contribution in [0.25, 0.3) is 0 Å². The van der Waals surface area contributed by atoms with E-state index in [1.807, 2.05) is 0 Å². The maximum Gasteiger partial charge on any atom is 0.257 e. The lowest BCUT2D eigenvalue weighted by molar-refractivity contribution is 0.312. The van der Waals surface area contributed by atoms with E-state index in [4.69, 9.17) is 10.9 Å². The Morgan fingerprint density at radius 1 is 1.63 bits per heavy atom. The summed E-state index contributed by atoms with van der Waals surface area (Å²) in [5.74, 6) is 0.314. The molecule has 1 saturated carbocycles. The summed E-state index contributed by atoms with van der Waals surface area (Å²) in [5.41, 5.74) is 5.58. The van der Waals surface area contributed by atoms with E-state index in [2.05, 4.69) is 19.8 Å². The van der Waals surface area contributed by atoms with Crippen LogP contribution in [-0.4, -0.2) is 35.5 Å². The molecule has 9 heteroatoms. The highest BCUT2D eigenvalue weighted by Gasteiger charge is 2.34. The summed E-state index contributed by atoms with van der Waals surface area (Å²) < 4.78 is 26.8. The summed E-state index contributed by atoms with van der Waals surface area (Å²) in [4.78, 5) is 6.54. The molecule has 0 aliphatic heterocycles. The molecular weight excluding hydrogens is 270 g/mol. The number of aromatic amines is 1. The van der Waals surface area contributed by atoms with E-state index in [9.17, 15) is 8.42 Å². The first-order valence-corrected chi connectivity index (χ1v) is 7.43. The SMILES string of the molecule is Cc1ncc(S(=O)(=O)NC2CCCC2C(N)=NO)[nH]1. The van der Waals surface area contributed by atoms with Crippen molar-refractivity contribution < 1.29 is 13.6 Å². The molecule has 0 radical (unpaired) electrons. The lowest BCUT2D eigenvalue weighted by Crippen LogP contribution is -2.42. The molecule has 0 amide bonds. The number of nitrogens with two attached hydrogens (primary N) is 1. The lowest BCUT2D eigenvalue weighted by Gasteiger charge is -2.19. The number of imidazole rings is 1. The van der Waals surface area contributed by atoms with E-state index in [1.165, 1.54) is 6.20 Å². The number of aryl methyl sites for hydroxylation is 1. The molecule has 0 aromatic carbocycles. The molecule has 1 aromatic rings. The van der Waals surface area contributed by atoms with E-state index in [0.29, 0.717) is 18.7 Å². The van der Waals surface area contributed by atoms with Crippen molar-refractivity contribution in [1.29, 1.82) is 0 Å². The van der Waals surface area contributed by atoms with Gasteiger partial charge in [0.05, 0.1) is 6.20 Å². The van der Waals surface area contributed by atoms with Gasteiger partial charge in [-0.15, -0.1) is 0 Å². The lowest BCUT2D eigenvalue weighted by atomic mass is 10.0. The second-order valence-corrected chi connectivity index (χ2v) is 6.31. The van der Waals surface area contributed by atoms with Crippen molar-refractivity contribution in [3.8, 4) is 0 Å². The maximum atomic E-state index is 12.1. The van der Waals surface area contributed by atoms with E-state index in [-0.39, 0.29) is 22.8 Å². The number of sulfonamides is 1. The number of nitrogens with zero attached hydrogens (tertiary/aromatic N) is 2. The number of aromatic nitrogens is 2. The highest BCUT2D eigenvalue weighted by atomic mass is 32.2. The second-order valence-electron chi connectivity index (χ2n) is 4.62. The van der Waals surface area contributed by atoms with Gasteiger partial charge in [-0.05, 0) is 19.8 Å². The average molecular weight is 287 g/mol. The highest BCUT2D eigenvalue weighted by Crippen LogP contribution is 2.27. The predicted molar refractivity (Wildman–Crippen MR) is 68.2 cm³/mol. The topological polar surface area (TPSA) is 133 Å². The van der Waals surface area contributed by atoms with Crippen LogP contribution >= 0.6 is 0 Å². The minimum absolute atomic E-state index is 0.0233. The van der Waals surface area contributed by atoms with Crippen LogP contribution in [0.3, 0.4) is 0 Å². The summed E-state index contributed by atoms with van der Waals surface area (Å²) in [6.45, 7) is 1.67. The van der Waals surface area contributed by atoms with Crippen LogP contribution < -0.4 is 10.5 Å². The van der Waals surface area contributed by atoms with Gasteiger partial charge in [0.15, 0.2) is 5.03 Å². The zero-order valence-corrected chi connectivity index (χ0v) is 11.3. The van der Waals surface area contributed by atoms with E-state index >= 15 is 0 Å². The van der Waals surface area contributed by atoms with E-state index in [0.717, 1.165) is 6.42 Å². The van der Waals surface area contributed by atoms with Gasteiger partial charge >= 0.3 is 0 Å². The first kappa shape index (κ1) is 13.8. The van der Waals surface area contributed by atoms with Gasteiger partial charge in [-0.25, -0.2) is 18.1 Å². The number of hydrogen-bond donors (Lipinski definition) is 4. The zero-order chi connectivity index (χ0) is 14.0. The van der Waals surface area contributed by atoms with Crippen LogP contribution in [0.1, 0.15) is 25.1 Å².